The normalized spacial score (nSPS) is 10.1. The number of nitrogens with one attached hydrogen (secondary N) is 1. The van der Waals surface area contributed by atoms with E-state index >= 15 is 0 Å². The number of amides is 1. The van der Waals surface area contributed by atoms with Crippen molar-refractivity contribution in [1.29, 1.82) is 0 Å². The molecular formula is C8H12N2O3S. The van der Waals surface area contributed by atoms with Crippen LogP contribution in [-0.2, 0) is 11.3 Å². The summed E-state index contributed by atoms with van der Waals surface area (Å²) in [5.74, 6) is -0.479. The van der Waals surface area contributed by atoms with Crippen LogP contribution < -0.4 is 5.32 Å². The third kappa shape index (κ3) is 1.95. The molecule has 1 rings (SSSR count). The minimum atomic E-state index is -0.279. The minimum absolute atomic E-state index is 0.0846. The fraction of sp³-hybridized carbons (Fsp3) is 0.375. The Hall–Kier alpha value is -1.30. The maximum Gasteiger partial charge on any atom is 0.239 e. The molecule has 0 aliphatic rings. The summed E-state index contributed by atoms with van der Waals surface area (Å²) in [5, 5.41) is 21.4. The number of likely N-dealkylation sites (N-methyl/N-ethyl adjacent to an activating group) is 1. The first kappa shape index (κ1) is 10.8. The van der Waals surface area contributed by atoms with E-state index < -0.39 is 0 Å². The Morgan fingerprint density at radius 2 is 2.29 bits per heavy atom. The lowest BCUT2D eigenvalue weighted by atomic mass is 10.5. The molecule has 0 aliphatic heterocycles. The highest BCUT2D eigenvalue weighted by Gasteiger charge is 2.14. The number of nitrogens with zero attached hydrogens (tertiary/aromatic N) is 1. The Morgan fingerprint density at radius 3 is 2.71 bits per heavy atom. The molecule has 1 heterocycles. The van der Waals surface area contributed by atoms with E-state index in [9.17, 15) is 15.0 Å². The van der Waals surface area contributed by atoms with Crippen LogP contribution in [0.5, 0.6) is 11.8 Å². The maximum absolute atomic E-state index is 11.0. The summed E-state index contributed by atoms with van der Waals surface area (Å²) < 4.78 is 1.14. The molecule has 0 aliphatic carbocycles. The highest BCUT2D eigenvalue weighted by atomic mass is 32.2. The van der Waals surface area contributed by atoms with Gasteiger partial charge < -0.3 is 15.5 Å². The van der Waals surface area contributed by atoms with Gasteiger partial charge in [0.25, 0.3) is 0 Å². The average molecular weight is 216 g/mol. The van der Waals surface area contributed by atoms with E-state index in [1.807, 2.05) is 0 Å². The largest absolute Gasteiger partial charge is 0.494 e. The van der Waals surface area contributed by atoms with Crippen LogP contribution in [0.2, 0.25) is 0 Å². The number of carbonyl (C=O) groups is 1. The zero-order valence-corrected chi connectivity index (χ0v) is 8.76. The second-order valence-electron chi connectivity index (χ2n) is 2.65. The summed E-state index contributed by atoms with van der Waals surface area (Å²) >= 11 is 1.30. The number of hydrogen-bond acceptors (Lipinski definition) is 4. The molecule has 78 valence electrons. The van der Waals surface area contributed by atoms with Crippen LogP contribution in [0.15, 0.2) is 11.0 Å². The summed E-state index contributed by atoms with van der Waals surface area (Å²) in [6, 6.07) is 1.42. The zero-order valence-electron chi connectivity index (χ0n) is 7.94. The van der Waals surface area contributed by atoms with Crippen molar-refractivity contribution in [2.24, 2.45) is 0 Å². The SMILES string of the molecule is CNC(=O)Cn1c(O)cc(SC)c1O. The van der Waals surface area contributed by atoms with Crippen molar-refractivity contribution in [3.8, 4) is 11.8 Å². The van der Waals surface area contributed by atoms with Gasteiger partial charge in [0.2, 0.25) is 11.8 Å². The predicted molar refractivity (Wildman–Crippen MR) is 53.6 cm³/mol. The fourth-order valence-electron chi connectivity index (χ4n) is 1.03. The number of aromatic hydroxyl groups is 2. The number of carbonyl (C=O) groups excluding carboxylic acids is 1. The highest BCUT2D eigenvalue weighted by Crippen LogP contribution is 2.33. The molecule has 6 heteroatoms. The van der Waals surface area contributed by atoms with Crippen LogP contribution in [0.3, 0.4) is 0 Å². The van der Waals surface area contributed by atoms with Crippen LogP contribution in [0.4, 0.5) is 0 Å². The maximum atomic E-state index is 11.0. The smallest absolute Gasteiger partial charge is 0.239 e. The van der Waals surface area contributed by atoms with E-state index in [2.05, 4.69) is 5.32 Å². The molecule has 0 atom stereocenters. The molecule has 1 aromatic rings. The van der Waals surface area contributed by atoms with Crippen LogP contribution in [0.25, 0.3) is 0 Å². The van der Waals surface area contributed by atoms with Gasteiger partial charge in [0.15, 0.2) is 5.88 Å². The molecule has 5 nitrogen and oxygen atoms in total. The van der Waals surface area contributed by atoms with Crippen molar-refractivity contribution in [1.82, 2.24) is 9.88 Å². The zero-order chi connectivity index (χ0) is 10.7. The van der Waals surface area contributed by atoms with Crippen molar-refractivity contribution in [3.63, 3.8) is 0 Å². The summed E-state index contributed by atoms with van der Waals surface area (Å²) in [7, 11) is 1.50. The highest BCUT2D eigenvalue weighted by molar-refractivity contribution is 7.98. The van der Waals surface area contributed by atoms with Gasteiger partial charge in [-0.05, 0) is 6.26 Å². The fourth-order valence-corrected chi connectivity index (χ4v) is 1.55. The lowest BCUT2D eigenvalue weighted by molar-refractivity contribution is -0.121. The van der Waals surface area contributed by atoms with E-state index in [0.717, 1.165) is 4.57 Å². The molecule has 14 heavy (non-hydrogen) atoms. The van der Waals surface area contributed by atoms with E-state index in [4.69, 9.17) is 0 Å². The molecule has 0 radical (unpaired) electrons. The first-order valence-electron chi connectivity index (χ1n) is 3.96. The van der Waals surface area contributed by atoms with E-state index in [1.165, 1.54) is 24.9 Å². The Bertz CT molecular complexity index is 349. The van der Waals surface area contributed by atoms with E-state index in [1.54, 1.807) is 6.26 Å². The predicted octanol–water partition coefficient (Wildman–Crippen LogP) is 0.367. The van der Waals surface area contributed by atoms with Gasteiger partial charge in [-0.1, -0.05) is 0 Å². The van der Waals surface area contributed by atoms with Gasteiger partial charge in [-0.25, -0.2) is 0 Å². The molecule has 0 aromatic carbocycles. The van der Waals surface area contributed by atoms with Gasteiger partial charge in [-0.2, -0.15) is 0 Å². The quantitative estimate of drug-likeness (QED) is 0.638. The van der Waals surface area contributed by atoms with Crippen molar-refractivity contribution in [3.05, 3.63) is 6.07 Å². The van der Waals surface area contributed by atoms with Gasteiger partial charge in [0, 0.05) is 13.1 Å². The number of thioether (sulfide) groups is 1. The molecular weight excluding hydrogens is 204 g/mol. The molecule has 0 fully saturated rings. The molecule has 0 saturated carbocycles. The van der Waals surface area contributed by atoms with Gasteiger partial charge >= 0.3 is 0 Å². The standard InChI is InChI=1S/C8H12N2O3S/c1-9-6(11)4-10-7(12)3-5(14-2)8(10)13/h3,12-13H,4H2,1-2H3,(H,9,11). The van der Waals surface area contributed by atoms with Gasteiger partial charge in [-0.3, -0.25) is 9.36 Å². The van der Waals surface area contributed by atoms with Crippen LogP contribution in [-0.4, -0.2) is 34.0 Å². The first-order chi connectivity index (χ1) is 6.60. The number of hydrogen-bond donors (Lipinski definition) is 3. The van der Waals surface area contributed by atoms with Crippen LogP contribution >= 0.6 is 11.8 Å². The summed E-state index contributed by atoms with van der Waals surface area (Å²) in [6.07, 6.45) is 1.78. The Balaban J connectivity index is 2.96. The third-order valence-electron chi connectivity index (χ3n) is 1.81. The monoisotopic (exact) mass is 216 g/mol. The minimum Gasteiger partial charge on any atom is -0.494 e. The lowest BCUT2D eigenvalue weighted by Crippen LogP contribution is -2.23. The van der Waals surface area contributed by atoms with E-state index in [0.29, 0.717) is 4.90 Å². The summed E-state index contributed by atoms with van der Waals surface area (Å²) in [5.41, 5.74) is 0. The molecule has 1 aromatic heterocycles. The molecule has 3 N–H and O–H groups in total. The third-order valence-corrected chi connectivity index (χ3v) is 2.55. The molecule has 0 bridgehead atoms. The van der Waals surface area contributed by atoms with Crippen molar-refractivity contribution < 1.29 is 15.0 Å². The van der Waals surface area contributed by atoms with Crippen LogP contribution in [0.1, 0.15) is 0 Å². The van der Waals surface area contributed by atoms with Gasteiger partial charge in [0.05, 0.1) is 4.90 Å². The lowest BCUT2D eigenvalue weighted by Gasteiger charge is -2.05. The summed E-state index contributed by atoms with van der Waals surface area (Å²) in [4.78, 5) is 11.6. The topological polar surface area (TPSA) is 74.5 Å². The van der Waals surface area contributed by atoms with Crippen LogP contribution in [0, 0.1) is 0 Å². The molecule has 1 amide bonds. The van der Waals surface area contributed by atoms with Gasteiger partial charge in [-0.15, -0.1) is 11.8 Å². The van der Waals surface area contributed by atoms with Gasteiger partial charge in [0.1, 0.15) is 6.54 Å². The summed E-state index contributed by atoms with van der Waals surface area (Å²) in [6.45, 7) is -0.0886. The Morgan fingerprint density at radius 1 is 1.64 bits per heavy atom. The number of rotatable bonds is 3. The number of aromatic nitrogens is 1. The first-order valence-corrected chi connectivity index (χ1v) is 5.18. The van der Waals surface area contributed by atoms with Crippen molar-refractivity contribution in [2.75, 3.05) is 13.3 Å². The van der Waals surface area contributed by atoms with Crippen molar-refractivity contribution in [2.45, 2.75) is 11.4 Å². The molecule has 0 spiro atoms. The Labute approximate surface area is 85.7 Å². The van der Waals surface area contributed by atoms with Crippen molar-refractivity contribution >= 4 is 17.7 Å². The Kier molecular flexibility index (Phi) is 3.29. The molecule has 0 unspecified atom stereocenters. The second-order valence-corrected chi connectivity index (χ2v) is 3.50. The average Bonchev–Trinajstić information content (AvgIpc) is 2.44. The van der Waals surface area contributed by atoms with E-state index in [-0.39, 0.29) is 24.2 Å². The molecule has 0 saturated heterocycles. The second kappa shape index (κ2) is 4.28.